The number of hydrogen-bond acceptors (Lipinski definition) is 4. The summed E-state index contributed by atoms with van der Waals surface area (Å²) in [4.78, 5) is 19.1. The van der Waals surface area contributed by atoms with Crippen molar-refractivity contribution in [2.24, 2.45) is 0 Å². The highest BCUT2D eigenvalue weighted by Gasteiger charge is 2.24. The number of carbonyl (C=O) groups excluding carboxylic acids is 1. The van der Waals surface area contributed by atoms with Crippen molar-refractivity contribution in [3.8, 4) is 17.1 Å². The summed E-state index contributed by atoms with van der Waals surface area (Å²) in [5, 5.41) is -1.03. The lowest BCUT2D eigenvalue weighted by Gasteiger charge is -2.11. The molecule has 4 nitrogen and oxygen atoms in total. The van der Waals surface area contributed by atoms with Crippen molar-refractivity contribution >= 4 is 40.9 Å². The molecule has 0 aliphatic rings. The van der Waals surface area contributed by atoms with E-state index in [0.29, 0.717) is 0 Å². The molecule has 1 aromatic heterocycles. The maximum Gasteiger partial charge on any atom is 0.236 e. The van der Waals surface area contributed by atoms with Gasteiger partial charge < -0.3 is 4.74 Å². The first kappa shape index (κ1) is 16.9. The van der Waals surface area contributed by atoms with Crippen molar-refractivity contribution in [3.05, 3.63) is 39.1 Å². The second-order valence-electron chi connectivity index (χ2n) is 4.16. The van der Waals surface area contributed by atoms with Crippen LogP contribution in [-0.4, -0.2) is 22.2 Å². The minimum atomic E-state index is -1.08. The fourth-order valence-corrected chi connectivity index (χ4v) is 2.43. The molecule has 0 saturated carbocycles. The molecule has 0 fully saturated rings. The van der Waals surface area contributed by atoms with E-state index in [2.05, 4.69) is 22.6 Å². The number of rotatable bonds is 3. The summed E-state index contributed by atoms with van der Waals surface area (Å²) in [6, 6.07) is 0.869. The molecule has 0 radical (unpaired) electrons. The summed E-state index contributed by atoms with van der Waals surface area (Å²) in [7, 11) is 1.18. The van der Waals surface area contributed by atoms with Crippen LogP contribution < -0.4 is 4.74 Å². The van der Waals surface area contributed by atoms with Gasteiger partial charge in [-0.15, -0.1) is 0 Å². The minimum Gasteiger partial charge on any atom is -0.492 e. The quantitative estimate of drug-likeness (QED) is 0.832. The lowest BCUT2D eigenvalue weighted by molar-refractivity contribution is 0.108. The largest absolute Gasteiger partial charge is 0.492 e. The van der Waals surface area contributed by atoms with Crippen LogP contribution in [0.25, 0.3) is 11.4 Å². The number of ether oxygens (including phenoxy) is 1. The molecule has 0 bridgehead atoms. The highest BCUT2D eigenvalue weighted by atomic mass is 35.5. The Hall–Kier alpha value is -1.44. The van der Waals surface area contributed by atoms with Crippen LogP contribution in [0.1, 0.15) is 16.2 Å². The van der Waals surface area contributed by atoms with Crippen LogP contribution in [0.2, 0.25) is 10.0 Å². The molecule has 2 rings (SSSR count). The van der Waals surface area contributed by atoms with Crippen molar-refractivity contribution in [1.29, 1.82) is 0 Å². The molecule has 0 unspecified atom stereocenters. The first-order chi connectivity index (χ1) is 10.3. The average Bonchev–Trinajstić information content (AvgIpc) is 2.42. The molecule has 1 heterocycles. The normalized spacial score (nSPS) is 10.7. The molecule has 9 heteroatoms. The number of thiol groups is 1. The molecule has 0 aliphatic heterocycles. The second-order valence-corrected chi connectivity index (χ2v) is 5.35. The van der Waals surface area contributed by atoms with Crippen LogP contribution in [-0.2, 0) is 0 Å². The summed E-state index contributed by atoms with van der Waals surface area (Å²) in [6.45, 7) is 1.47. The summed E-state index contributed by atoms with van der Waals surface area (Å²) < 4.78 is 33.2. The van der Waals surface area contributed by atoms with Crippen molar-refractivity contribution in [2.75, 3.05) is 7.11 Å². The first-order valence-corrected chi connectivity index (χ1v) is 6.97. The van der Waals surface area contributed by atoms with Crippen molar-refractivity contribution < 1.29 is 18.3 Å². The van der Waals surface area contributed by atoms with Crippen LogP contribution in [0.5, 0.6) is 5.75 Å². The fraction of sp³-hybridized carbons (Fsp3) is 0.154. The lowest BCUT2D eigenvalue weighted by Crippen LogP contribution is -2.06. The lowest BCUT2D eigenvalue weighted by atomic mass is 10.1. The van der Waals surface area contributed by atoms with Gasteiger partial charge in [-0.1, -0.05) is 35.8 Å². The predicted octanol–water partition coefficient (Wildman–Crippen LogP) is 4.12. The van der Waals surface area contributed by atoms with Gasteiger partial charge in [0.1, 0.15) is 11.5 Å². The van der Waals surface area contributed by atoms with E-state index < -0.39 is 22.3 Å². The Morgan fingerprint density at radius 1 is 1.32 bits per heavy atom. The Kier molecular flexibility index (Phi) is 4.89. The smallest absolute Gasteiger partial charge is 0.236 e. The molecular formula is C13H8Cl2F2N2O2S. The van der Waals surface area contributed by atoms with Gasteiger partial charge >= 0.3 is 0 Å². The van der Waals surface area contributed by atoms with Crippen molar-refractivity contribution in [3.63, 3.8) is 0 Å². The van der Waals surface area contributed by atoms with Gasteiger partial charge in [0.2, 0.25) is 5.12 Å². The molecule has 1 aromatic carbocycles. The Balaban J connectivity index is 2.80. The number of aryl methyl sites for hydroxylation is 1. The summed E-state index contributed by atoms with van der Waals surface area (Å²) >= 11 is 15.2. The van der Waals surface area contributed by atoms with Gasteiger partial charge in [0.05, 0.1) is 28.4 Å². The fourth-order valence-electron chi connectivity index (χ4n) is 1.78. The Labute approximate surface area is 139 Å². The molecule has 0 saturated heterocycles. The Bertz CT molecular complexity index is 787. The number of benzene rings is 1. The molecule has 116 valence electrons. The van der Waals surface area contributed by atoms with Gasteiger partial charge in [-0.3, -0.25) is 4.79 Å². The SMILES string of the molecule is COc1c(Cl)cc(F)c(-c2nc(C)c(Cl)c(C(=O)S)n2)c1F. The highest BCUT2D eigenvalue weighted by molar-refractivity contribution is 7.97. The van der Waals surface area contributed by atoms with E-state index in [1.54, 1.807) is 0 Å². The zero-order valence-electron chi connectivity index (χ0n) is 11.2. The number of halogens is 4. The standard InChI is InChI=1S/C13H8Cl2F2N2O2S/c1-4-8(15)10(13(20)22)19-12(18-4)7-6(16)3-5(14)11(21-2)9(7)17/h3H,1-2H3,(H,20,22). The zero-order valence-corrected chi connectivity index (χ0v) is 13.7. The maximum atomic E-state index is 14.4. The van der Waals surface area contributed by atoms with Crippen LogP contribution in [0, 0.1) is 18.6 Å². The van der Waals surface area contributed by atoms with Crippen LogP contribution in [0.4, 0.5) is 8.78 Å². The second kappa shape index (κ2) is 6.36. The van der Waals surface area contributed by atoms with Gasteiger partial charge in [-0.2, -0.15) is 0 Å². The molecule has 0 amide bonds. The van der Waals surface area contributed by atoms with E-state index in [-0.39, 0.29) is 33.0 Å². The van der Waals surface area contributed by atoms with E-state index in [1.807, 2.05) is 0 Å². The van der Waals surface area contributed by atoms with Crippen LogP contribution >= 0.6 is 35.8 Å². The molecule has 0 spiro atoms. The van der Waals surface area contributed by atoms with Crippen molar-refractivity contribution in [2.45, 2.75) is 6.92 Å². The van der Waals surface area contributed by atoms with Gasteiger partial charge in [0.25, 0.3) is 0 Å². The van der Waals surface area contributed by atoms with Crippen molar-refractivity contribution in [1.82, 2.24) is 9.97 Å². The van der Waals surface area contributed by atoms with Crippen LogP contribution in [0.15, 0.2) is 6.07 Å². The summed E-state index contributed by atoms with van der Waals surface area (Å²) in [5.41, 5.74) is -0.645. The third-order valence-electron chi connectivity index (χ3n) is 2.78. The van der Waals surface area contributed by atoms with Gasteiger partial charge in [-0.25, -0.2) is 18.7 Å². The summed E-state index contributed by atoms with van der Waals surface area (Å²) in [5.74, 6) is -2.79. The number of carbonyl (C=O) groups is 1. The third kappa shape index (κ3) is 2.88. The first-order valence-electron chi connectivity index (χ1n) is 5.77. The molecule has 0 atom stereocenters. The monoisotopic (exact) mass is 364 g/mol. The van der Waals surface area contributed by atoms with E-state index in [9.17, 15) is 13.6 Å². The molecule has 0 N–H and O–H groups in total. The number of nitrogens with zero attached hydrogens (tertiary/aromatic N) is 2. The zero-order chi connectivity index (χ0) is 16.6. The third-order valence-corrected chi connectivity index (χ3v) is 3.72. The van der Waals surface area contributed by atoms with Gasteiger partial charge in [0.15, 0.2) is 17.4 Å². The number of methoxy groups -OCH3 is 1. The predicted molar refractivity (Wildman–Crippen MR) is 82.0 cm³/mol. The molecular weight excluding hydrogens is 357 g/mol. The number of hydrogen-bond donors (Lipinski definition) is 1. The maximum absolute atomic E-state index is 14.4. The summed E-state index contributed by atoms with van der Waals surface area (Å²) in [6.07, 6.45) is 0. The Morgan fingerprint density at radius 3 is 2.50 bits per heavy atom. The molecule has 2 aromatic rings. The Morgan fingerprint density at radius 2 is 1.95 bits per heavy atom. The molecule has 0 aliphatic carbocycles. The van der Waals surface area contributed by atoms with Crippen LogP contribution in [0.3, 0.4) is 0 Å². The van der Waals surface area contributed by atoms with Gasteiger partial charge in [0, 0.05) is 0 Å². The van der Waals surface area contributed by atoms with E-state index in [1.165, 1.54) is 14.0 Å². The topological polar surface area (TPSA) is 52.1 Å². The highest BCUT2D eigenvalue weighted by Crippen LogP contribution is 2.36. The number of aromatic nitrogens is 2. The van der Waals surface area contributed by atoms with E-state index in [4.69, 9.17) is 27.9 Å². The molecule has 22 heavy (non-hydrogen) atoms. The minimum absolute atomic E-state index is 0.0366. The van der Waals surface area contributed by atoms with Gasteiger partial charge in [-0.05, 0) is 13.0 Å². The van der Waals surface area contributed by atoms with E-state index in [0.717, 1.165) is 6.07 Å². The average molecular weight is 365 g/mol. The van der Waals surface area contributed by atoms with E-state index >= 15 is 0 Å².